The summed E-state index contributed by atoms with van der Waals surface area (Å²) in [6.45, 7) is 5.54. The number of nitrogens with zero attached hydrogens (tertiary/aromatic N) is 1. The van der Waals surface area contributed by atoms with E-state index in [1.54, 1.807) is 28.8 Å². The fraction of sp³-hybridized carbons (Fsp3) is 0.182. The van der Waals surface area contributed by atoms with Gasteiger partial charge in [-0.25, -0.2) is 0 Å². The highest BCUT2D eigenvalue weighted by atomic mass is 19.4. The van der Waals surface area contributed by atoms with Crippen LogP contribution in [0.5, 0.6) is 0 Å². The monoisotopic (exact) mass is 1300 g/mol. The van der Waals surface area contributed by atoms with Crippen LogP contribution >= 0.6 is 0 Å². The number of hydrogen-bond acceptors (Lipinski definition) is 0. The molecule has 0 aliphatic carbocycles. The third-order valence-electron chi connectivity index (χ3n) is 14.9. The summed E-state index contributed by atoms with van der Waals surface area (Å²) in [5.74, 6) is 0. The highest BCUT2D eigenvalue weighted by molar-refractivity contribution is 6.12. The molecule has 0 atom stereocenters. The van der Waals surface area contributed by atoms with Gasteiger partial charge in [0.2, 0.25) is 0 Å². The molecule has 10 aromatic rings. The second-order valence-corrected chi connectivity index (χ2v) is 22.3. The van der Waals surface area contributed by atoms with Crippen molar-refractivity contribution in [2.24, 2.45) is 0 Å². The van der Waals surface area contributed by atoms with Gasteiger partial charge in [-0.1, -0.05) is 51.1 Å². The van der Waals surface area contributed by atoms with Gasteiger partial charge in [-0.05, 0) is 217 Å². The molecule has 0 bridgehead atoms. The average Bonchev–Trinajstić information content (AvgIpc) is 1.61. The molecule has 1 heterocycles. The van der Waals surface area contributed by atoms with Crippen molar-refractivity contribution in [3.05, 3.63) is 220 Å². The molecule has 0 saturated heterocycles. The molecule has 474 valence electrons. The number of alkyl halides is 24. The summed E-state index contributed by atoms with van der Waals surface area (Å²) >= 11 is 0. The Hall–Kier alpha value is -8.90. The van der Waals surface area contributed by atoms with Crippen LogP contribution in [0.15, 0.2) is 170 Å². The van der Waals surface area contributed by atoms with Gasteiger partial charge in [-0.2, -0.15) is 105 Å². The van der Waals surface area contributed by atoms with Gasteiger partial charge >= 0.3 is 49.4 Å². The van der Waals surface area contributed by atoms with Crippen molar-refractivity contribution in [3.63, 3.8) is 0 Å². The van der Waals surface area contributed by atoms with Gasteiger partial charge in [0.1, 0.15) is 0 Å². The van der Waals surface area contributed by atoms with Gasteiger partial charge < -0.3 is 4.57 Å². The molecule has 0 amide bonds. The van der Waals surface area contributed by atoms with Crippen LogP contribution in [0.2, 0.25) is 0 Å². The summed E-state index contributed by atoms with van der Waals surface area (Å²) in [6, 6.07) is 22.1. The molecule has 1 aromatic heterocycles. The number of aromatic nitrogens is 1. The van der Waals surface area contributed by atoms with Crippen LogP contribution in [-0.4, -0.2) is 4.57 Å². The van der Waals surface area contributed by atoms with Crippen LogP contribution < -0.4 is 0 Å². The lowest BCUT2D eigenvalue weighted by Gasteiger charge is -2.24. The average molecular weight is 1300 g/mol. The molecule has 0 radical (unpaired) electrons. The first-order valence-electron chi connectivity index (χ1n) is 26.4. The summed E-state index contributed by atoms with van der Waals surface area (Å²) in [5, 5.41) is 0.275. The van der Waals surface area contributed by atoms with Crippen LogP contribution in [0.1, 0.15) is 70.8 Å². The van der Waals surface area contributed by atoms with E-state index in [0.29, 0.717) is 11.3 Å². The molecule has 0 fully saturated rings. The number of halogens is 24. The van der Waals surface area contributed by atoms with Gasteiger partial charge in [0, 0.05) is 16.5 Å². The predicted octanol–water partition coefficient (Wildman–Crippen LogP) is 24.2. The molecule has 0 unspecified atom stereocenters. The molecule has 91 heavy (non-hydrogen) atoms. The van der Waals surface area contributed by atoms with Gasteiger partial charge in [0.15, 0.2) is 0 Å². The normalized spacial score (nSPS) is 13.4. The Kier molecular flexibility index (Phi) is 15.7. The number of rotatable bonds is 7. The maximum absolute atomic E-state index is 14.4. The van der Waals surface area contributed by atoms with Crippen molar-refractivity contribution < 1.29 is 105 Å². The molecular formula is C66H37F24N. The Labute approximate surface area is 498 Å². The van der Waals surface area contributed by atoms with Crippen LogP contribution in [-0.2, 0) is 54.8 Å². The molecule has 1 nitrogen and oxygen atoms in total. The first-order chi connectivity index (χ1) is 41.7. The number of para-hydroxylation sites is 1. The lowest BCUT2D eigenvalue weighted by molar-refractivity contribution is -0.144. The predicted molar refractivity (Wildman–Crippen MR) is 292 cm³/mol. The number of benzene rings is 9. The highest BCUT2D eigenvalue weighted by Crippen LogP contribution is 2.48. The highest BCUT2D eigenvalue weighted by Gasteiger charge is 2.42. The second kappa shape index (κ2) is 21.9. The van der Waals surface area contributed by atoms with E-state index in [0.717, 1.165) is 36.4 Å². The Morgan fingerprint density at radius 2 is 0.429 bits per heavy atom. The van der Waals surface area contributed by atoms with Crippen molar-refractivity contribution in [2.75, 3.05) is 0 Å². The fourth-order valence-electron chi connectivity index (χ4n) is 10.7. The third kappa shape index (κ3) is 13.5. The summed E-state index contributed by atoms with van der Waals surface area (Å²) in [4.78, 5) is 0. The smallest absolute Gasteiger partial charge is 0.309 e. The lowest BCUT2D eigenvalue weighted by atomic mass is 9.85. The number of hydrogen-bond donors (Lipinski definition) is 0. The molecule has 0 N–H and O–H groups in total. The zero-order valence-electron chi connectivity index (χ0n) is 46.2. The Morgan fingerprint density at radius 1 is 0.220 bits per heavy atom. The first kappa shape index (κ1) is 65.1. The topological polar surface area (TPSA) is 4.93 Å². The van der Waals surface area contributed by atoms with Gasteiger partial charge in [0.25, 0.3) is 0 Å². The Balaban J connectivity index is 1.30. The van der Waals surface area contributed by atoms with E-state index in [4.69, 9.17) is 0 Å². The van der Waals surface area contributed by atoms with E-state index in [9.17, 15) is 105 Å². The summed E-state index contributed by atoms with van der Waals surface area (Å²) in [6.07, 6.45) is -43.6. The Morgan fingerprint density at radius 3 is 0.648 bits per heavy atom. The second-order valence-electron chi connectivity index (χ2n) is 22.3. The van der Waals surface area contributed by atoms with Crippen molar-refractivity contribution in [1.29, 1.82) is 0 Å². The van der Waals surface area contributed by atoms with Crippen LogP contribution in [0, 0.1) is 0 Å². The van der Waals surface area contributed by atoms with E-state index in [-0.39, 0.29) is 117 Å². The van der Waals surface area contributed by atoms with E-state index >= 15 is 0 Å². The van der Waals surface area contributed by atoms with Crippen LogP contribution in [0.25, 0.3) is 94.3 Å². The number of fused-ring (bicyclic) bond motifs is 3. The Bertz CT molecular complexity index is 3920. The standard InChI is InChI=1S/C66H37F24N/c1-58(2,3)54-6-4-5-7-57(54)91-55-10-8-32(34-12-36(40-18-44(59(67,68)69)28-45(19-40)60(70,71)72)16-37(13-34)41-20-46(61(73,74)75)29-47(21-41)62(76,77)78)26-52(55)53-27-33(9-11-56(53)91)35-14-38(42-22-48(63(79,80)81)30-49(23-42)64(82,83)84)17-39(15-35)43-24-50(65(85,86)87)31-51(25-43)66(88,89)90/h4-31H,1-3H3. The molecule has 9 aromatic carbocycles. The van der Waals surface area contributed by atoms with E-state index in [1.165, 1.54) is 36.4 Å². The zero-order valence-corrected chi connectivity index (χ0v) is 46.2. The van der Waals surface area contributed by atoms with Gasteiger partial charge in [0.05, 0.1) is 55.5 Å². The van der Waals surface area contributed by atoms with Crippen molar-refractivity contribution >= 4 is 21.8 Å². The summed E-state index contributed by atoms with van der Waals surface area (Å²) in [7, 11) is 0. The van der Waals surface area contributed by atoms with Crippen LogP contribution in [0.4, 0.5) is 105 Å². The van der Waals surface area contributed by atoms with Gasteiger partial charge in [-0.3, -0.25) is 0 Å². The maximum atomic E-state index is 14.4. The third-order valence-corrected chi connectivity index (χ3v) is 14.9. The lowest BCUT2D eigenvalue weighted by Crippen LogP contribution is -2.15. The van der Waals surface area contributed by atoms with Crippen molar-refractivity contribution in [1.82, 2.24) is 4.57 Å². The fourth-order valence-corrected chi connectivity index (χ4v) is 10.7. The van der Waals surface area contributed by atoms with E-state index in [2.05, 4.69) is 0 Å². The summed E-state index contributed by atoms with van der Waals surface area (Å²) < 4.78 is 346. The van der Waals surface area contributed by atoms with E-state index < -0.39 is 144 Å². The molecule has 10 rings (SSSR count). The quantitative estimate of drug-likeness (QED) is 0.140. The summed E-state index contributed by atoms with van der Waals surface area (Å²) in [5.41, 5.74) is -20.1. The molecule has 0 aliphatic heterocycles. The minimum absolute atomic E-state index is 0.0606. The zero-order chi connectivity index (χ0) is 66.9. The van der Waals surface area contributed by atoms with Crippen molar-refractivity contribution in [2.45, 2.75) is 75.6 Å². The SMILES string of the molecule is CC(C)(C)c1ccccc1-n1c2ccc(-c3cc(-c4cc(C(F)(F)F)cc(C(F)(F)F)c4)cc(-c4cc(C(F)(F)F)cc(C(F)(F)F)c4)c3)cc2c2cc(-c3cc(-c4cc(C(F)(F)F)cc(C(F)(F)F)c4)cc(-c4cc(C(F)(F)F)cc(C(F)(F)F)c4)c3)ccc21. The molecular weight excluding hydrogens is 1260 g/mol. The molecule has 25 heteroatoms. The van der Waals surface area contributed by atoms with Crippen molar-refractivity contribution in [3.8, 4) is 72.4 Å². The molecule has 0 spiro atoms. The first-order valence-corrected chi connectivity index (χ1v) is 26.4. The minimum Gasteiger partial charge on any atom is -0.309 e. The molecule has 0 saturated carbocycles. The molecule has 0 aliphatic rings. The van der Waals surface area contributed by atoms with Gasteiger partial charge in [-0.15, -0.1) is 0 Å². The largest absolute Gasteiger partial charge is 0.416 e. The van der Waals surface area contributed by atoms with Crippen LogP contribution in [0.3, 0.4) is 0 Å². The van der Waals surface area contributed by atoms with E-state index in [1.807, 2.05) is 20.8 Å². The maximum Gasteiger partial charge on any atom is 0.416 e. The minimum atomic E-state index is -5.45.